The molecule has 1 fully saturated rings. The van der Waals surface area contributed by atoms with Crippen molar-refractivity contribution in [3.63, 3.8) is 0 Å². The largest absolute Gasteiger partial charge is 1.00 e. The average molecular weight is 199 g/mol. The molecule has 1 rings (SSSR count). The molecule has 0 aromatic carbocycles. The summed E-state index contributed by atoms with van der Waals surface area (Å²) >= 11 is 0. The molecule has 0 spiro atoms. The molecule has 1 aliphatic rings. The quantitative estimate of drug-likeness (QED) is 0.360. The maximum Gasteiger partial charge on any atom is 1.00 e. The van der Waals surface area contributed by atoms with Crippen molar-refractivity contribution in [1.82, 2.24) is 5.32 Å². The van der Waals surface area contributed by atoms with Crippen molar-refractivity contribution in [2.75, 3.05) is 6.54 Å². The SMILES string of the molecule is CCNC(=O)C1OC1C(=O)O.[H-].[K+]. The topological polar surface area (TPSA) is 78.9 Å². The van der Waals surface area contributed by atoms with E-state index in [1.165, 1.54) is 0 Å². The fraction of sp³-hybridized carbons (Fsp3) is 0.667. The zero-order valence-electron chi connectivity index (χ0n) is 8.03. The summed E-state index contributed by atoms with van der Waals surface area (Å²) in [6, 6.07) is 0. The first kappa shape index (κ1) is 12.5. The molecule has 12 heavy (non-hydrogen) atoms. The normalized spacial score (nSPS) is 25.4. The van der Waals surface area contributed by atoms with Gasteiger partial charge in [0.05, 0.1) is 0 Å². The molecule has 2 atom stereocenters. The Morgan fingerprint density at radius 3 is 2.50 bits per heavy atom. The number of ether oxygens (including phenoxy) is 1. The number of rotatable bonds is 3. The van der Waals surface area contributed by atoms with E-state index in [-0.39, 0.29) is 58.7 Å². The van der Waals surface area contributed by atoms with Crippen LogP contribution in [0.15, 0.2) is 0 Å². The number of aliphatic carboxylic acids is 1. The Hall–Kier alpha value is 0.536. The Balaban J connectivity index is 0. The molecule has 0 aliphatic carbocycles. The number of epoxide rings is 1. The summed E-state index contributed by atoms with van der Waals surface area (Å²) < 4.78 is 4.58. The van der Waals surface area contributed by atoms with E-state index in [2.05, 4.69) is 10.1 Å². The maximum absolute atomic E-state index is 10.8. The van der Waals surface area contributed by atoms with Crippen LogP contribution in [0.5, 0.6) is 0 Å². The van der Waals surface area contributed by atoms with Gasteiger partial charge in [-0.25, -0.2) is 4.79 Å². The molecule has 1 amide bonds. The summed E-state index contributed by atoms with van der Waals surface area (Å²) in [7, 11) is 0. The van der Waals surface area contributed by atoms with E-state index < -0.39 is 18.2 Å². The summed E-state index contributed by atoms with van der Waals surface area (Å²) in [5, 5.41) is 10.8. The van der Waals surface area contributed by atoms with Gasteiger partial charge in [0.2, 0.25) is 0 Å². The predicted molar refractivity (Wildman–Crippen MR) is 36.1 cm³/mol. The van der Waals surface area contributed by atoms with E-state index in [0.717, 1.165) is 0 Å². The van der Waals surface area contributed by atoms with Crippen LogP contribution in [0, 0.1) is 0 Å². The predicted octanol–water partition coefficient (Wildman–Crippen LogP) is -3.91. The first-order chi connectivity index (χ1) is 5.16. The third kappa shape index (κ3) is 3.12. The van der Waals surface area contributed by atoms with Crippen molar-refractivity contribution in [3.8, 4) is 0 Å². The summed E-state index contributed by atoms with van der Waals surface area (Å²) in [4.78, 5) is 21.0. The van der Waals surface area contributed by atoms with Crippen LogP contribution >= 0.6 is 0 Å². The minimum atomic E-state index is -1.08. The number of carboxylic acid groups (broad SMARTS) is 1. The average Bonchev–Trinajstić information content (AvgIpc) is 2.65. The van der Waals surface area contributed by atoms with Gasteiger partial charge in [0.15, 0.2) is 12.2 Å². The van der Waals surface area contributed by atoms with Crippen molar-refractivity contribution in [1.29, 1.82) is 0 Å². The van der Waals surface area contributed by atoms with Crippen LogP contribution < -0.4 is 56.7 Å². The minimum absolute atomic E-state index is 0. The standard InChI is InChI=1S/C6H9NO4.K.H/c1-2-7-5(8)3-4(11-3)6(9)10;;/h3-4H,2H2,1H3,(H,7,8)(H,9,10);;/q;+1;-1. The van der Waals surface area contributed by atoms with Crippen molar-refractivity contribution < 1.29 is 72.2 Å². The van der Waals surface area contributed by atoms with E-state index in [1.54, 1.807) is 6.92 Å². The van der Waals surface area contributed by atoms with E-state index in [0.29, 0.717) is 6.54 Å². The zero-order valence-corrected chi connectivity index (χ0v) is 10.2. The first-order valence-electron chi connectivity index (χ1n) is 3.32. The van der Waals surface area contributed by atoms with Crippen molar-refractivity contribution in [2.45, 2.75) is 19.1 Å². The van der Waals surface area contributed by atoms with Gasteiger partial charge < -0.3 is 16.6 Å². The number of likely N-dealkylation sites (N-methyl/N-ethyl adjacent to an activating group) is 1. The van der Waals surface area contributed by atoms with E-state index >= 15 is 0 Å². The molecule has 0 saturated carbocycles. The van der Waals surface area contributed by atoms with Gasteiger partial charge >= 0.3 is 57.4 Å². The van der Waals surface area contributed by atoms with Crippen LogP contribution in [0.2, 0.25) is 0 Å². The molecule has 2 N–H and O–H groups in total. The number of carbonyl (C=O) groups is 2. The van der Waals surface area contributed by atoms with Gasteiger partial charge in [0.25, 0.3) is 5.91 Å². The van der Waals surface area contributed by atoms with Crippen LogP contribution in [0.25, 0.3) is 0 Å². The van der Waals surface area contributed by atoms with Gasteiger partial charge in [-0.3, -0.25) is 4.79 Å². The number of carbonyl (C=O) groups excluding carboxylic acids is 1. The number of hydrogen-bond donors (Lipinski definition) is 2. The molecule has 1 heterocycles. The number of carboxylic acids is 1. The van der Waals surface area contributed by atoms with Crippen LogP contribution in [0.4, 0.5) is 0 Å². The fourth-order valence-corrected chi connectivity index (χ4v) is 0.774. The number of amides is 1. The molecule has 5 nitrogen and oxygen atoms in total. The minimum Gasteiger partial charge on any atom is -1.00 e. The molecular weight excluding hydrogens is 189 g/mol. The van der Waals surface area contributed by atoms with Gasteiger partial charge in [0.1, 0.15) is 0 Å². The molecular formula is C6H10KNO4. The van der Waals surface area contributed by atoms with Gasteiger partial charge in [-0.15, -0.1) is 0 Å². The van der Waals surface area contributed by atoms with Crippen molar-refractivity contribution in [2.24, 2.45) is 0 Å². The Morgan fingerprint density at radius 2 is 2.17 bits per heavy atom. The van der Waals surface area contributed by atoms with Crippen molar-refractivity contribution in [3.05, 3.63) is 0 Å². The Bertz CT molecular complexity index is 201. The molecule has 0 aromatic heterocycles. The van der Waals surface area contributed by atoms with Gasteiger partial charge in [0, 0.05) is 6.54 Å². The Labute approximate surface area is 114 Å². The van der Waals surface area contributed by atoms with Crippen LogP contribution in [0.3, 0.4) is 0 Å². The van der Waals surface area contributed by atoms with Crippen LogP contribution in [0.1, 0.15) is 8.35 Å². The van der Waals surface area contributed by atoms with E-state index in [9.17, 15) is 9.59 Å². The molecule has 2 unspecified atom stereocenters. The van der Waals surface area contributed by atoms with E-state index in [1.807, 2.05) is 0 Å². The molecule has 64 valence electrons. The second kappa shape index (κ2) is 5.31. The molecule has 1 saturated heterocycles. The summed E-state index contributed by atoms with van der Waals surface area (Å²) in [6.07, 6.45) is -1.70. The maximum atomic E-state index is 10.8. The Kier molecular flexibility index (Phi) is 5.54. The Morgan fingerprint density at radius 1 is 1.58 bits per heavy atom. The molecule has 0 aromatic rings. The molecule has 6 heteroatoms. The summed E-state index contributed by atoms with van der Waals surface area (Å²) in [6.45, 7) is 2.25. The van der Waals surface area contributed by atoms with Crippen LogP contribution in [-0.2, 0) is 14.3 Å². The fourth-order valence-electron chi connectivity index (χ4n) is 0.774. The van der Waals surface area contributed by atoms with Crippen LogP contribution in [-0.4, -0.2) is 35.7 Å². The number of hydrogen-bond acceptors (Lipinski definition) is 3. The smallest absolute Gasteiger partial charge is 1.00 e. The molecule has 0 radical (unpaired) electrons. The summed E-state index contributed by atoms with van der Waals surface area (Å²) in [5.74, 6) is -1.43. The second-order valence-electron chi connectivity index (χ2n) is 2.21. The monoisotopic (exact) mass is 199 g/mol. The summed E-state index contributed by atoms with van der Waals surface area (Å²) in [5.41, 5.74) is 0. The molecule has 0 bridgehead atoms. The van der Waals surface area contributed by atoms with Gasteiger partial charge in [-0.1, -0.05) is 0 Å². The third-order valence-corrected chi connectivity index (χ3v) is 1.34. The number of nitrogens with one attached hydrogen (secondary N) is 1. The van der Waals surface area contributed by atoms with E-state index in [4.69, 9.17) is 5.11 Å². The zero-order chi connectivity index (χ0) is 8.43. The van der Waals surface area contributed by atoms with Gasteiger partial charge in [-0.05, 0) is 6.92 Å². The molecule has 1 aliphatic heterocycles. The second-order valence-corrected chi connectivity index (χ2v) is 2.21. The van der Waals surface area contributed by atoms with Crippen molar-refractivity contribution >= 4 is 11.9 Å². The van der Waals surface area contributed by atoms with Gasteiger partial charge in [-0.2, -0.15) is 0 Å². The first-order valence-corrected chi connectivity index (χ1v) is 3.32. The third-order valence-electron chi connectivity index (χ3n) is 1.34.